The Balaban J connectivity index is 2.93. The number of hydrogen-bond acceptors (Lipinski definition) is 6. The summed E-state index contributed by atoms with van der Waals surface area (Å²) in [6.45, 7) is 2.03. The van der Waals surface area contributed by atoms with E-state index >= 15 is 0 Å². The fourth-order valence-electron chi connectivity index (χ4n) is 1.55. The van der Waals surface area contributed by atoms with Gasteiger partial charge in [0.1, 0.15) is 18.5 Å². The van der Waals surface area contributed by atoms with Crippen molar-refractivity contribution in [3.05, 3.63) is 32.5 Å². The van der Waals surface area contributed by atoms with Gasteiger partial charge in [-0.2, -0.15) is 0 Å². The van der Waals surface area contributed by atoms with Crippen molar-refractivity contribution in [3.8, 4) is 5.75 Å². The summed E-state index contributed by atoms with van der Waals surface area (Å²) >= 11 is 2.87. The second-order valence-electron chi connectivity index (χ2n) is 3.94. The van der Waals surface area contributed by atoms with Gasteiger partial charge in [-0.05, 0) is 22.5 Å². The van der Waals surface area contributed by atoms with Gasteiger partial charge < -0.3 is 14.8 Å². The van der Waals surface area contributed by atoms with Crippen LogP contribution in [0.3, 0.4) is 0 Å². The lowest BCUT2D eigenvalue weighted by molar-refractivity contribution is -0.386. The van der Waals surface area contributed by atoms with Gasteiger partial charge in [0, 0.05) is 12.1 Å². The molecule has 1 unspecified atom stereocenters. The lowest BCUT2D eigenvalue weighted by atomic mass is 10.2. The van der Waals surface area contributed by atoms with Crippen LogP contribution in [-0.4, -0.2) is 37.2 Å². The first-order chi connectivity index (χ1) is 9.90. The number of likely N-dealkylation sites (N-methyl/N-ethyl adjacent to an activating group) is 1. The van der Waals surface area contributed by atoms with Crippen LogP contribution < -0.4 is 10.1 Å². The number of rotatable bonds is 7. The molecule has 0 aliphatic carbocycles. The van der Waals surface area contributed by atoms with Crippen LogP contribution in [0.25, 0.3) is 0 Å². The Labute approximate surface area is 128 Å². The minimum Gasteiger partial charge on any atom is -0.484 e. The van der Waals surface area contributed by atoms with E-state index in [1.54, 1.807) is 6.92 Å². The predicted molar refractivity (Wildman–Crippen MR) is 75.7 cm³/mol. The fourth-order valence-corrected chi connectivity index (χ4v) is 1.88. The first kappa shape index (κ1) is 17.3. The minimum absolute atomic E-state index is 0.0437. The molecule has 9 heteroatoms. The van der Waals surface area contributed by atoms with Gasteiger partial charge in [0.2, 0.25) is 0 Å². The summed E-state index contributed by atoms with van der Waals surface area (Å²) in [6, 6.07) is 1.10. The van der Waals surface area contributed by atoms with E-state index < -0.39 is 28.4 Å². The van der Waals surface area contributed by atoms with E-state index in [9.17, 15) is 19.3 Å². The summed E-state index contributed by atoms with van der Waals surface area (Å²) in [7, 11) is 1.22. The topological polar surface area (TPSA) is 90.7 Å². The first-order valence-electron chi connectivity index (χ1n) is 5.98. The van der Waals surface area contributed by atoms with E-state index in [1.807, 2.05) is 0 Å². The highest BCUT2D eigenvalue weighted by molar-refractivity contribution is 9.10. The first-order valence-corrected chi connectivity index (χ1v) is 6.77. The fraction of sp³-hybridized carbons (Fsp3) is 0.417. The molecule has 116 valence electrons. The summed E-state index contributed by atoms with van der Waals surface area (Å²) in [5.74, 6) is -1.53. The monoisotopic (exact) mass is 364 g/mol. The van der Waals surface area contributed by atoms with Crippen molar-refractivity contribution < 1.29 is 23.6 Å². The van der Waals surface area contributed by atoms with E-state index in [1.165, 1.54) is 7.11 Å². The van der Waals surface area contributed by atoms with Gasteiger partial charge in [0.15, 0.2) is 5.75 Å². The van der Waals surface area contributed by atoms with E-state index in [0.29, 0.717) is 6.54 Å². The molecule has 0 saturated carbocycles. The Kier molecular flexibility index (Phi) is 6.50. The standard InChI is InChI=1S/C12H14BrFN2O5/c1-3-15-9(12(17)20-2)6-21-11-5-8(14)7(13)4-10(11)16(18)19/h4-5,9,15H,3,6H2,1-2H3. The minimum atomic E-state index is -0.800. The number of methoxy groups -OCH3 is 1. The van der Waals surface area contributed by atoms with Crippen LogP contribution >= 0.6 is 15.9 Å². The summed E-state index contributed by atoms with van der Waals surface area (Å²) in [5, 5.41) is 13.7. The van der Waals surface area contributed by atoms with Crippen LogP contribution in [0.1, 0.15) is 6.92 Å². The third-order valence-corrected chi connectivity index (χ3v) is 3.15. The normalized spacial score (nSPS) is 11.8. The van der Waals surface area contributed by atoms with Crippen LogP contribution in [0.5, 0.6) is 5.75 Å². The highest BCUT2D eigenvalue weighted by Crippen LogP contribution is 2.32. The highest BCUT2D eigenvalue weighted by atomic mass is 79.9. The van der Waals surface area contributed by atoms with E-state index in [4.69, 9.17) is 4.74 Å². The molecule has 0 aromatic heterocycles. The van der Waals surface area contributed by atoms with Crippen molar-refractivity contribution in [2.45, 2.75) is 13.0 Å². The molecule has 0 aliphatic rings. The zero-order chi connectivity index (χ0) is 16.0. The molecule has 0 bridgehead atoms. The number of ether oxygens (including phenoxy) is 2. The Bertz CT molecular complexity index is 541. The SMILES string of the molecule is CCNC(COc1cc(F)c(Br)cc1[N+](=O)[O-])C(=O)OC. The van der Waals surface area contributed by atoms with E-state index in [2.05, 4.69) is 26.0 Å². The van der Waals surface area contributed by atoms with Crippen molar-refractivity contribution in [3.63, 3.8) is 0 Å². The molecule has 21 heavy (non-hydrogen) atoms. The van der Waals surface area contributed by atoms with Crippen LogP contribution in [0, 0.1) is 15.9 Å². The van der Waals surface area contributed by atoms with Crippen LogP contribution in [0.4, 0.5) is 10.1 Å². The molecule has 0 heterocycles. The average molecular weight is 365 g/mol. The Hall–Kier alpha value is -1.74. The van der Waals surface area contributed by atoms with Crippen molar-refractivity contribution in [2.24, 2.45) is 0 Å². The molecule has 1 rings (SSSR count). The summed E-state index contributed by atoms with van der Waals surface area (Å²) < 4.78 is 23.2. The predicted octanol–water partition coefficient (Wildman–Crippen LogP) is 2.03. The molecule has 0 spiro atoms. The number of esters is 1. The third-order valence-electron chi connectivity index (χ3n) is 2.54. The molecular formula is C12H14BrFN2O5. The third kappa shape index (κ3) is 4.64. The number of nitro benzene ring substituents is 1. The van der Waals surface area contributed by atoms with Gasteiger partial charge in [-0.25, -0.2) is 4.39 Å². The molecule has 1 atom stereocenters. The molecule has 0 amide bonds. The Morgan fingerprint density at radius 2 is 2.24 bits per heavy atom. The zero-order valence-electron chi connectivity index (χ0n) is 11.4. The van der Waals surface area contributed by atoms with Crippen molar-refractivity contribution in [2.75, 3.05) is 20.3 Å². The average Bonchev–Trinajstić information content (AvgIpc) is 2.45. The van der Waals surface area contributed by atoms with Gasteiger partial charge in [0.25, 0.3) is 0 Å². The van der Waals surface area contributed by atoms with Crippen molar-refractivity contribution in [1.29, 1.82) is 0 Å². The molecule has 1 aromatic carbocycles. The quantitative estimate of drug-likeness (QED) is 0.452. The summed E-state index contributed by atoms with van der Waals surface area (Å²) in [4.78, 5) is 21.7. The molecule has 7 nitrogen and oxygen atoms in total. The number of nitro groups is 1. The Morgan fingerprint density at radius 3 is 2.76 bits per heavy atom. The van der Waals surface area contributed by atoms with Gasteiger partial charge in [-0.3, -0.25) is 14.9 Å². The second-order valence-corrected chi connectivity index (χ2v) is 4.79. The molecule has 0 saturated heterocycles. The zero-order valence-corrected chi connectivity index (χ0v) is 13.0. The number of nitrogens with zero attached hydrogens (tertiary/aromatic N) is 1. The number of carbonyl (C=O) groups excluding carboxylic acids is 1. The smallest absolute Gasteiger partial charge is 0.326 e. The maximum atomic E-state index is 13.5. The summed E-state index contributed by atoms with van der Waals surface area (Å²) in [5.41, 5.74) is -0.400. The number of nitrogens with one attached hydrogen (secondary N) is 1. The van der Waals surface area contributed by atoms with Gasteiger partial charge in [-0.15, -0.1) is 0 Å². The van der Waals surface area contributed by atoms with Gasteiger partial charge in [0.05, 0.1) is 16.5 Å². The Morgan fingerprint density at radius 1 is 1.57 bits per heavy atom. The van der Waals surface area contributed by atoms with Crippen molar-refractivity contribution in [1.82, 2.24) is 5.32 Å². The molecule has 1 N–H and O–H groups in total. The van der Waals surface area contributed by atoms with Gasteiger partial charge in [-0.1, -0.05) is 6.92 Å². The maximum Gasteiger partial charge on any atom is 0.326 e. The largest absolute Gasteiger partial charge is 0.484 e. The number of hydrogen-bond donors (Lipinski definition) is 1. The number of benzene rings is 1. The number of carbonyl (C=O) groups is 1. The molecule has 0 fully saturated rings. The van der Waals surface area contributed by atoms with Gasteiger partial charge >= 0.3 is 11.7 Å². The van der Waals surface area contributed by atoms with Crippen LogP contribution in [0.15, 0.2) is 16.6 Å². The molecular weight excluding hydrogens is 351 g/mol. The maximum absolute atomic E-state index is 13.5. The molecule has 0 radical (unpaired) electrons. The van der Waals surface area contributed by atoms with E-state index in [-0.39, 0.29) is 16.8 Å². The van der Waals surface area contributed by atoms with Crippen molar-refractivity contribution >= 4 is 27.6 Å². The van der Waals surface area contributed by atoms with Crippen LogP contribution in [-0.2, 0) is 9.53 Å². The number of halogens is 2. The molecule has 0 aliphatic heterocycles. The summed E-state index contributed by atoms with van der Waals surface area (Å²) in [6.07, 6.45) is 0. The van der Waals surface area contributed by atoms with E-state index in [0.717, 1.165) is 12.1 Å². The lowest BCUT2D eigenvalue weighted by Gasteiger charge is -2.16. The lowest BCUT2D eigenvalue weighted by Crippen LogP contribution is -2.42. The van der Waals surface area contributed by atoms with Crippen LogP contribution in [0.2, 0.25) is 0 Å². The molecule has 1 aromatic rings. The second kappa shape index (κ2) is 7.89. The highest BCUT2D eigenvalue weighted by Gasteiger charge is 2.23.